The van der Waals surface area contributed by atoms with Crippen LogP contribution >= 0.6 is 22.9 Å². The number of aromatic amines is 1. The SMILES string of the molecule is COc1ccc(Nc2nc(NCc3sc(=O)[nH]c3O)nc(NCC3CCCCC3)n2)cc1Cl. The molecule has 1 fully saturated rings. The number of aromatic nitrogens is 4. The quantitative estimate of drug-likeness (QED) is 0.296. The molecule has 4 rings (SSSR count). The molecular weight excluding hydrogens is 466 g/mol. The normalized spacial score (nSPS) is 14.1. The average Bonchev–Trinajstić information content (AvgIpc) is 3.14. The molecule has 0 atom stereocenters. The molecule has 1 aliphatic carbocycles. The second kappa shape index (κ2) is 10.7. The Labute approximate surface area is 199 Å². The van der Waals surface area contributed by atoms with Gasteiger partial charge in [0, 0.05) is 12.2 Å². The maximum atomic E-state index is 11.4. The molecule has 1 aromatic carbocycles. The number of methoxy groups -OCH3 is 1. The number of thiazole rings is 1. The molecule has 0 amide bonds. The Bertz CT molecular complexity index is 1150. The summed E-state index contributed by atoms with van der Waals surface area (Å²) in [6, 6.07) is 5.29. The number of anilines is 4. The van der Waals surface area contributed by atoms with Gasteiger partial charge in [0.2, 0.25) is 23.7 Å². The van der Waals surface area contributed by atoms with Gasteiger partial charge in [-0.2, -0.15) is 15.0 Å². The Morgan fingerprint density at radius 3 is 2.55 bits per heavy atom. The van der Waals surface area contributed by atoms with Crippen molar-refractivity contribution >= 4 is 46.5 Å². The molecule has 12 heteroatoms. The van der Waals surface area contributed by atoms with Crippen molar-refractivity contribution in [1.29, 1.82) is 0 Å². The second-order valence-corrected chi connectivity index (χ2v) is 9.28. The van der Waals surface area contributed by atoms with E-state index in [9.17, 15) is 9.90 Å². The fourth-order valence-electron chi connectivity index (χ4n) is 3.72. The number of nitrogens with zero attached hydrogens (tertiary/aromatic N) is 3. The van der Waals surface area contributed by atoms with E-state index >= 15 is 0 Å². The number of H-pyrrole nitrogens is 1. The van der Waals surface area contributed by atoms with E-state index in [4.69, 9.17) is 16.3 Å². The topological polar surface area (TPSA) is 137 Å². The Morgan fingerprint density at radius 1 is 1.15 bits per heavy atom. The number of ether oxygens (including phenoxy) is 1. The van der Waals surface area contributed by atoms with Crippen LogP contribution in [-0.2, 0) is 6.54 Å². The molecule has 1 saturated carbocycles. The van der Waals surface area contributed by atoms with Crippen molar-refractivity contribution in [1.82, 2.24) is 19.9 Å². The van der Waals surface area contributed by atoms with Gasteiger partial charge in [-0.25, -0.2) is 0 Å². The van der Waals surface area contributed by atoms with Crippen LogP contribution in [0.1, 0.15) is 37.0 Å². The molecule has 0 radical (unpaired) electrons. The van der Waals surface area contributed by atoms with E-state index in [0.717, 1.165) is 17.9 Å². The largest absolute Gasteiger partial charge is 0.495 e. The van der Waals surface area contributed by atoms with Gasteiger partial charge in [0.1, 0.15) is 5.75 Å². The summed E-state index contributed by atoms with van der Waals surface area (Å²) in [6.45, 7) is 0.979. The van der Waals surface area contributed by atoms with Gasteiger partial charge in [0.15, 0.2) is 0 Å². The number of halogens is 1. The molecular formula is C21H26ClN7O3S. The lowest BCUT2D eigenvalue weighted by Crippen LogP contribution is -2.19. The lowest BCUT2D eigenvalue weighted by Gasteiger charge is -2.21. The minimum Gasteiger partial charge on any atom is -0.495 e. The predicted octanol–water partition coefficient (Wildman–Crippen LogP) is 4.34. The van der Waals surface area contributed by atoms with Crippen LogP contribution in [-0.4, -0.2) is 38.7 Å². The summed E-state index contributed by atoms with van der Waals surface area (Å²) in [4.78, 5) is 27.3. The zero-order chi connectivity index (χ0) is 23.2. The number of hydrogen-bond donors (Lipinski definition) is 5. The molecule has 0 unspecified atom stereocenters. The zero-order valence-corrected chi connectivity index (χ0v) is 19.7. The summed E-state index contributed by atoms with van der Waals surface area (Å²) in [5.41, 5.74) is 0.692. The van der Waals surface area contributed by atoms with E-state index in [-0.39, 0.29) is 17.3 Å². The van der Waals surface area contributed by atoms with Crippen molar-refractivity contribution in [3.05, 3.63) is 37.8 Å². The van der Waals surface area contributed by atoms with Gasteiger partial charge in [-0.3, -0.25) is 9.78 Å². The standard InChI is InChI=1S/C21H26ClN7O3S/c1-32-15-8-7-13(9-14(15)22)25-20-28-18(23-10-12-5-3-2-4-6-12)27-19(29-20)24-11-16-17(30)26-21(31)33-16/h7-9,12,30H,2-6,10-11H2,1H3,(H,26,31)(H3,23,24,25,27,28,29). The Kier molecular flexibility index (Phi) is 7.50. The molecule has 3 aromatic rings. The highest BCUT2D eigenvalue weighted by Crippen LogP contribution is 2.29. The third-order valence-corrected chi connectivity index (χ3v) is 6.59. The monoisotopic (exact) mass is 491 g/mol. The van der Waals surface area contributed by atoms with Crippen LogP contribution in [0.25, 0.3) is 0 Å². The minimum atomic E-state index is -0.325. The molecule has 0 aliphatic heterocycles. The summed E-state index contributed by atoms with van der Waals surface area (Å²) in [5.74, 6) is 2.07. The molecule has 0 bridgehead atoms. The number of nitrogens with one attached hydrogen (secondary N) is 4. The van der Waals surface area contributed by atoms with Crippen LogP contribution in [0.15, 0.2) is 23.0 Å². The van der Waals surface area contributed by atoms with Gasteiger partial charge < -0.3 is 25.8 Å². The second-order valence-electron chi connectivity index (χ2n) is 7.81. The number of benzene rings is 1. The molecule has 10 nitrogen and oxygen atoms in total. The van der Waals surface area contributed by atoms with E-state index in [1.165, 1.54) is 32.1 Å². The lowest BCUT2D eigenvalue weighted by molar-refractivity contribution is 0.373. The number of rotatable bonds is 9. The third kappa shape index (κ3) is 6.26. The molecule has 33 heavy (non-hydrogen) atoms. The first-order chi connectivity index (χ1) is 16.0. The molecule has 2 aromatic heterocycles. The van der Waals surface area contributed by atoms with E-state index in [2.05, 4.69) is 35.9 Å². The zero-order valence-electron chi connectivity index (χ0n) is 18.2. The van der Waals surface area contributed by atoms with Crippen LogP contribution in [0.2, 0.25) is 5.02 Å². The highest BCUT2D eigenvalue weighted by atomic mass is 35.5. The van der Waals surface area contributed by atoms with Crippen LogP contribution < -0.4 is 25.6 Å². The fraction of sp³-hybridized carbons (Fsp3) is 0.429. The van der Waals surface area contributed by atoms with Crippen LogP contribution in [0.3, 0.4) is 0 Å². The maximum Gasteiger partial charge on any atom is 0.307 e. The molecule has 2 heterocycles. The minimum absolute atomic E-state index is 0.159. The van der Waals surface area contributed by atoms with Crippen LogP contribution in [0, 0.1) is 5.92 Å². The third-order valence-electron chi connectivity index (χ3n) is 5.42. The van der Waals surface area contributed by atoms with E-state index in [1.54, 1.807) is 19.2 Å². The van der Waals surface area contributed by atoms with Gasteiger partial charge in [-0.1, -0.05) is 42.2 Å². The lowest BCUT2D eigenvalue weighted by atomic mass is 9.89. The fourth-order valence-corrected chi connectivity index (χ4v) is 4.64. The first-order valence-electron chi connectivity index (χ1n) is 10.8. The molecule has 0 spiro atoms. The summed E-state index contributed by atoms with van der Waals surface area (Å²) < 4.78 is 5.20. The Morgan fingerprint density at radius 2 is 1.88 bits per heavy atom. The van der Waals surface area contributed by atoms with E-state index in [1.807, 2.05) is 6.07 Å². The van der Waals surface area contributed by atoms with Crippen LogP contribution in [0.4, 0.5) is 23.5 Å². The highest BCUT2D eigenvalue weighted by molar-refractivity contribution is 7.09. The summed E-state index contributed by atoms with van der Waals surface area (Å²) in [6.07, 6.45) is 6.20. The van der Waals surface area contributed by atoms with Gasteiger partial charge in [0.05, 0.1) is 23.6 Å². The first-order valence-corrected chi connectivity index (χ1v) is 11.9. The van der Waals surface area contributed by atoms with Crippen molar-refractivity contribution in [3.63, 3.8) is 0 Å². The van der Waals surface area contributed by atoms with Gasteiger partial charge in [-0.05, 0) is 37.0 Å². The Balaban J connectivity index is 1.52. The van der Waals surface area contributed by atoms with Crippen molar-refractivity contribution in [2.45, 2.75) is 38.6 Å². The van der Waals surface area contributed by atoms with E-state index in [0.29, 0.717) is 45.1 Å². The molecule has 0 saturated heterocycles. The predicted molar refractivity (Wildman–Crippen MR) is 130 cm³/mol. The van der Waals surface area contributed by atoms with E-state index < -0.39 is 0 Å². The van der Waals surface area contributed by atoms with Gasteiger partial charge in [-0.15, -0.1) is 0 Å². The van der Waals surface area contributed by atoms with Gasteiger partial charge in [0.25, 0.3) is 0 Å². The van der Waals surface area contributed by atoms with Crippen molar-refractivity contribution in [2.24, 2.45) is 5.92 Å². The van der Waals surface area contributed by atoms with Crippen LogP contribution in [0.5, 0.6) is 11.6 Å². The average molecular weight is 492 g/mol. The van der Waals surface area contributed by atoms with Crippen molar-refractivity contribution in [2.75, 3.05) is 29.6 Å². The summed E-state index contributed by atoms with van der Waals surface area (Å²) in [7, 11) is 1.56. The van der Waals surface area contributed by atoms with Crippen molar-refractivity contribution < 1.29 is 9.84 Å². The molecule has 1 aliphatic rings. The highest BCUT2D eigenvalue weighted by Gasteiger charge is 2.15. The number of hydrogen-bond acceptors (Lipinski definition) is 10. The molecule has 176 valence electrons. The molecule has 5 N–H and O–H groups in total. The van der Waals surface area contributed by atoms with Gasteiger partial charge >= 0.3 is 4.87 Å². The number of aromatic hydroxyl groups is 1. The Hall–Kier alpha value is -3.05. The smallest absolute Gasteiger partial charge is 0.307 e. The van der Waals surface area contributed by atoms with Crippen molar-refractivity contribution in [3.8, 4) is 11.6 Å². The maximum absolute atomic E-state index is 11.4. The summed E-state index contributed by atoms with van der Waals surface area (Å²) in [5, 5.41) is 19.8. The first kappa shape index (κ1) is 23.1. The summed E-state index contributed by atoms with van der Waals surface area (Å²) >= 11 is 7.16.